The van der Waals surface area contributed by atoms with Gasteiger partial charge in [-0.25, -0.2) is 0 Å². The molecule has 0 aliphatic rings. The normalized spacial score (nSPS) is 10.4. The summed E-state index contributed by atoms with van der Waals surface area (Å²) < 4.78 is 1.04. The molecule has 3 heteroatoms. The lowest BCUT2D eigenvalue weighted by atomic mass is 9.89. The number of halogens is 1. The van der Waals surface area contributed by atoms with E-state index in [2.05, 4.69) is 28.1 Å². The quantitative estimate of drug-likeness (QED) is 0.596. The SMILES string of the molecule is Cc1cc(-c2c(O)ccc(C)c2-c2ccc(C#N)cc2)ccc1Br. The van der Waals surface area contributed by atoms with Crippen LogP contribution in [0.25, 0.3) is 22.3 Å². The van der Waals surface area contributed by atoms with E-state index in [0.29, 0.717) is 5.56 Å². The molecule has 0 fully saturated rings. The summed E-state index contributed by atoms with van der Waals surface area (Å²) in [7, 11) is 0. The van der Waals surface area contributed by atoms with E-state index in [1.807, 2.05) is 44.2 Å². The van der Waals surface area contributed by atoms with Gasteiger partial charge in [0.25, 0.3) is 0 Å². The molecule has 0 aliphatic heterocycles. The van der Waals surface area contributed by atoms with Crippen molar-refractivity contribution in [2.75, 3.05) is 0 Å². The van der Waals surface area contributed by atoms with Gasteiger partial charge in [0.05, 0.1) is 11.6 Å². The maximum Gasteiger partial charge on any atom is 0.124 e. The largest absolute Gasteiger partial charge is 0.507 e. The number of benzene rings is 3. The second kappa shape index (κ2) is 6.51. The molecule has 3 aromatic carbocycles. The molecule has 0 amide bonds. The van der Waals surface area contributed by atoms with E-state index >= 15 is 0 Å². The molecule has 0 radical (unpaired) electrons. The third-order valence-corrected chi connectivity index (χ3v) is 5.03. The van der Waals surface area contributed by atoms with E-state index in [9.17, 15) is 5.11 Å². The minimum absolute atomic E-state index is 0.252. The number of rotatable bonds is 2. The van der Waals surface area contributed by atoms with Crippen LogP contribution >= 0.6 is 15.9 Å². The zero-order valence-electron chi connectivity index (χ0n) is 13.5. The first kappa shape index (κ1) is 16.3. The first-order valence-corrected chi connectivity index (χ1v) is 8.40. The summed E-state index contributed by atoms with van der Waals surface area (Å²) in [5.74, 6) is 0.252. The summed E-state index contributed by atoms with van der Waals surface area (Å²) in [5.41, 5.74) is 6.57. The second-order valence-electron chi connectivity index (χ2n) is 5.80. The van der Waals surface area contributed by atoms with Crippen LogP contribution in [0.1, 0.15) is 16.7 Å². The van der Waals surface area contributed by atoms with E-state index in [1.165, 1.54) is 0 Å². The maximum atomic E-state index is 10.5. The fourth-order valence-electron chi connectivity index (χ4n) is 2.87. The van der Waals surface area contributed by atoms with E-state index in [4.69, 9.17) is 5.26 Å². The van der Waals surface area contributed by atoms with Crippen LogP contribution in [0.3, 0.4) is 0 Å². The molecule has 0 heterocycles. The molecule has 3 rings (SSSR count). The van der Waals surface area contributed by atoms with Gasteiger partial charge in [-0.3, -0.25) is 0 Å². The predicted molar refractivity (Wildman–Crippen MR) is 101 cm³/mol. The molecule has 24 heavy (non-hydrogen) atoms. The van der Waals surface area contributed by atoms with Crippen LogP contribution in [0.5, 0.6) is 5.75 Å². The summed E-state index contributed by atoms with van der Waals surface area (Å²) >= 11 is 3.52. The summed E-state index contributed by atoms with van der Waals surface area (Å²) in [6, 6.07) is 19.3. The second-order valence-corrected chi connectivity index (χ2v) is 6.66. The van der Waals surface area contributed by atoms with E-state index in [1.54, 1.807) is 18.2 Å². The molecule has 118 valence electrons. The lowest BCUT2D eigenvalue weighted by Gasteiger charge is -2.16. The van der Waals surface area contributed by atoms with Crippen molar-refractivity contribution >= 4 is 15.9 Å². The first-order chi connectivity index (χ1) is 11.5. The van der Waals surface area contributed by atoms with Crippen LogP contribution in [0, 0.1) is 25.2 Å². The molecule has 0 saturated carbocycles. The highest BCUT2D eigenvalue weighted by molar-refractivity contribution is 9.10. The molecular formula is C21H16BrNO. The molecule has 3 aromatic rings. The van der Waals surface area contributed by atoms with Gasteiger partial charge in [-0.1, -0.05) is 46.3 Å². The van der Waals surface area contributed by atoms with Crippen LogP contribution in [0.2, 0.25) is 0 Å². The minimum atomic E-state index is 0.252. The number of aromatic hydroxyl groups is 1. The van der Waals surface area contributed by atoms with Crippen LogP contribution in [0.15, 0.2) is 59.1 Å². The number of nitrogens with zero attached hydrogens (tertiary/aromatic N) is 1. The van der Waals surface area contributed by atoms with Gasteiger partial charge >= 0.3 is 0 Å². The van der Waals surface area contributed by atoms with Gasteiger partial charge in [-0.15, -0.1) is 0 Å². The summed E-state index contributed by atoms with van der Waals surface area (Å²) in [6.45, 7) is 4.06. The van der Waals surface area contributed by atoms with E-state index < -0.39 is 0 Å². The fourth-order valence-corrected chi connectivity index (χ4v) is 3.12. The highest BCUT2D eigenvalue weighted by atomic mass is 79.9. The third-order valence-electron chi connectivity index (χ3n) is 4.14. The van der Waals surface area contributed by atoms with Crippen molar-refractivity contribution < 1.29 is 5.11 Å². The molecule has 0 unspecified atom stereocenters. The van der Waals surface area contributed by atoms with Gasteiger partial charge in [0, 0.05) is 10.0 Å². The van der Waals surface area contributed by atoms with Crippen LogP contribution < -0.4 is 0 Å². The molecule has 0 aromatic heterocycles. The molecule has 0 spiro atoms. The Kier molecular flexibility index (Phi) is 4.42. The third kappa shape index (κ3) is 2.93. The number of aryl methyl sites for hydroxylation is 2. The maximum absolute atomic E-state index is 10.5. The van der Waals surface area contributed by atoms with Crippen molar-refractivity contribution in [2.45, 2.75) is 13.8 Å². The van der Waals surface area contributed by atoms with Crippen LogP contribution in [-0.2, 0) is 0 Å². The van der Waals surface area contributed by atoms with Gasteiger partial charge < -0.3 is 5.11 Å². The molecule has 2 nitrogen and oxygen atoms in total. The lowest BCUT2D eigenvalue weighted by Crippen LogP contribution is -1.91. The summed E-state index contributed by atoms with van der Waals surface area (Å²) in [6.07, 6.45) is 0. The number of phenolic OH excluding ortho intramolecular Hbond substituents is 1. The molecule has 0 atom stereocenters. The smallest absolute Gasteiger partial charge is 0.124 e. The van der Waals surface area contributed by atoms with Crippen LogP contribution in [0.4, 0.5) is 0 Å². The number of hydrogen-bond donors (Lipinski definition) is 1. The molecule has 0 saturated heterocycles. The minimum Gasteiger partial charge on any atom is -0.507 e. The Morgan fingerprint density at radius 2 is 1.50 bits per heavy atom. The Hall–Kier alpha value is -2.57. The average molecular weight is 378 g/mol. The monoisotopic (exact) mass is 377 g/mol. The fraction of sp³-hybridized carbons (Fsp3) is 0.0952. The summed E-state index contributed by atoms with van der Waals surface area (Å²) in [4.78, 5) is 0. The molecule has 1 N–H and O–H groups in total. The highest BCUT2D eigenvalue weighted by Crippen LogP contribution is 2.41. The first-order valence-electron chi connectivity index (χ1n) is 7.61. The topological polar surface area (TPSA) is 44.0 Å². The number of hydrogen-bond acceptors (Lipinski definition) is 2. The zero-order valence-corrected chi connectivity index (χ0v) is 15.1. The zero-order chi connectivity index (χ0) is 17.3. The van der Waals surface area contributed by atoms with Gasteiger partial charge in [0.1, 0.15) is 5.75 Å². The molecular weight excluding hydrogens is 362 g/mol. The van der Waals surface area contributed by atoms with E-state index in [0.717, 1.165) is 37.9 Å². The van der Waals surface area contributed by atoms with Crippen molar-refractivity contribution in [3.8, 4) is 34.1 Å². The van der Waals surface area contributed by atoms with Gasteiger partial charge in [-0.2, -0.15) is 5.26 Å². The van der Waals surface area contributed by atoms with Gasteiger partial charge in [0.15, 0.2) is 0 Å². The average Bonchev–Trinajstić information content (AvgIpc) is 2.59. The van der Waals surface area contributed by atoms with Crippen molar-refractivity contribution in [1.29, 1.82) is 5.26 Å². The Morgan fingerprint density at radius 3 is 2.12 bits per heavy atom. The van der Waals surface area contributed by atoms with Crippen LogP contribution in [-0.4, -0.2) is 5.11 Å². The van der Waals surface area contributed by atoms with Crippen molar-refractivity contribution in [3.63, 3.8) is 0 Å². The van der Waals surface area contributed by atoms with Crippen molar-refractivity contribution in [3.05, 3.63) is 75.8 Å². The lowest BCUT2D eigenvalue weighted by molar-refractivity contribution is 0.477. The predicted octanol–water partition coefficient (Wildman–Crippen LogP) is 5.98. The van der Waals surface area contributed by atoms with Gasteiger partial charge in [-0.05, 0) is 65.9 Å². The number of nitriles is 1. The van der Waals surface area contributed by atoms with Crippen molar-refractivity contribution in [1.82, 2.24) is 0 Å². The van der Waals surface area contributed by atoms with E-state index in [-0.39, 0.29) is 5.75 Å². The number of phenols is 1. The Labute approximate surface area is 150 Å². The standard InChI is InChI=1S/C21H16BrNO/c1-13-3-10-19(24)21(17-8-9-18(22)14(2)11-17)20(13)16-6-4-15(12-23)5-7-16/h3-11,24H,1-2H3. The Balaban J connectivity index is 2.27. The Bertz CT molecular complexity index is 953. The van der Waals surface area contributed by atoms with Crippen molar-refractivity contribution in [2.24, 2.45) is 0 Å². The molecule has 0 bridgehead atoms. The summed E-state index contributed by atoms with van der Waals surface area (Å²) in [5, 5.41) is 19.5. The highest BCUT2D eigenvalue weighted by Gasteiger charge is 2.15. The Morgan fingerprint density at radius 1 is 0.833 bits per heavy atom. The van der Waals surface area contributed by atoms with Gasteiger partial charge in [0.2, 0.25) is 0 Å². The molecule has 0 aliphatic carbocycles.